The molecule has 1 aliphatic rings. The van der Waals surface area contributed by atoms with Gasteiger partial charge in [0.05, 0.1) is 0 Å². The zero-order chi connectivity index (χ0) is 12.1. The Morgan fingerprint density at radius 1 is 1.31 bits per heavy atom. The number of hydrogen-bond donors (Lipinski definition) is 0. The molecule has 0 nitrogen and oxygen atoms in total. The van der Waals surface area contributed by atoms with Crippen molar-refractivity contribution in [1.82, 2.24) is 0 Å². The quantitative estimate of drug-likeness (QED) is 0.492. The van der Waals surface area contributed by atoms with Crippen molar-refractivity contribution < 1.29 is 0 Å². The summed E-state index contributed by atoms with van der Waals surface area (Å²) in [6, 6.07) is 0. The SMILES string of the molecule is C=CC(=C)C1CC1CCC(C)C(C)CCC. The van der Waals surface area contributed by atoms with Crippen LogP contribution in [0.4, 0.5) is 0 Å². The van der Waals surface area contributed by atoms with Gasteiger partial charge in [0, 0.05) is 0 Å². The van der Waals surface area contributed by atoms with E-state index in [1.807, 2.05) is 6.08 Å². The van der Waals surface area contributed by atoms with Gasteiger partial charge in [0.25, 0.3) is 0 Å². The second-order valence-corrected chi connectivity index (χ2v) is 5.70. The van der Waals surface area contributed by atoms with E-state index in [-0.39, 0.29) is 0 Å². The van der Waals surface area contributed by atoms with Gasteiger partial charge in [-0.15, -0.1) is 0 Å². The first kappa shape index (κ1) is 13.5. The molecule has 92 valence electrons. The van der Waals surface area contributed by atoms with E-state index in [1.165, 1.54) is 37.7 Å². The van der Waals surface area contributed by atoms with Gasteiger partial charge < -0.3 is 0 Å². The summed E-state index contributed by atoms with van der Waals surface area (Å²) in [7, 11) is 0. The Balaban J connectivity index is 2.17. The Kier molecular flexibility index (Phi) is 5.31. The Morgan fingerprint density at radius 2 is 1.94 bits per heavy atom. The van der Waals surface area contributed by atoms with E-state index in [0.29, 0.717) is 0 Å². The molecule has 0 aromatic carbocycles. The molecule has 4 unspecified atom stereocenters. The van der Waals surface area contributed by atoms with Crippen LogP contribution in [0.25, 0.3) is 0 Å². The van der Waals surface area contributed by atoms with Crippen molar-refractivity contribution in [1.29, 1.82) is 0 Å². The van der Waals surface area contributed by atoms with Gasteiger partial charge in [-0.2, -0.15) is 0 Å². The average Bonchev–Trinajstić information content (AvgIpc) is 3.04. The Labute approximate surface area is 102 Å². The molecule has 0 aliphatic heterocycles. The summed E-state index contributed by atoms with van der Waals surface area (Å²) >= 11 is 0. The van der Waals surface area contributed by atoms with Crippen LogP contribution in [0.2, 0.25) is 0 Å². The molecule has 0 N–H and O–H groups in total. The van der Waals surface area contributed by atoms with Gasteiger partial charge >= 0.3 is 0 Å². The fourth-order valence-electron chi connectivity index (χ4n) is 2.67. The Bertz CT molecular complexity index is 238. The number of rotatable bonds is 8. The van der Waals surface area contributed by atoms with Crippen LogP contribution in [-0.2, 0) is 0 Å². The minimum atomic E-state index is 0.770. The molecule has 1 fully saturated rings. The van der Waals surface area contributed by atoms with Crippen LogP contribution in [0.15, 0.2) is 24.8 Å². The molecule has 0 amide bonds. The van der Waals surface area contributed by atoms with Crippen LogP contribution >= 0.6 is 0 Å². The van der Waals surface area contributed by atoms with Crippen molar-refractivity contribution in [2.24, 2.45) is 23.7 Å². The Morgan fingerprint density at radius 3 is 2.50 bits per heavy atom. The summed E-state index contributed by atoms with van der Waals surface area (Å²) in [4.78, 5) is 0. The summed E-state index contributed by atoms with van der Waals surface area (Å²) in [5.41, 5.74) is 1.26. The van der Waals surface area contributed by atoms with Gasteiger partial charge in [-0.1, -0.05) is 64.8 Å². The van der Waals surface area contributed by atoms with Crippen molar-refractivity contribution in [3.63, 3.8) is 0 Å². The average molecular weight is 220 g/mol. The maximum atomic E-state index is 4.06. The smallest absolute Gasteiger partial charge is 0.0137 e. The van der Waals surface area contributed by atoms with E-state index < -0.39 is 0 Å². The standard InChI is InChI=1S/C16H28/c1-6-8-13(4)14(5)9-10-15-11-16(15)12(3)7-2/h7,13-16H,2-3,6,8-11H2,1,4-5H3. The lowest BCUT2D eigenvalue weighted by Crippen LogP contribution is -2.08. The molecule has 0 aromatic rings. The third-order valence-electron chi connectivity index (χ3n) is 4.37. The van der Waals surface area contributed by atoms with Crippen molar-refractivity contribution in [3.8, 4) is 0 Å². The van der Waals surface area contributed by atoms with Crippen LogP contribution in [0.3, 0.4) is 0 Å². The topological polar surface area (TPSA) is 0 Å². The van der Waals surface area contributed by atoms with Crippen LogP contribution in [0.1, 0.15) is 52.9 Å². The molecule has 1 rings (SSSR count). The van der Waals surface area contributed by atoms with Gasteiger partial charge in [0.2, 0.25) is 0 Å². The molecule has 0 aromatic heterocycles. The van der Waals surface area contributed by atoms with E-state index in [2.05, 4.69) is 33.9 Å². The highest BCUT2D eigenvalue weighted by Gasteiger charge is 2.37. The molecule has 0 saturated heterocycles. The molecule has 1 saturated carbocycles. The molecule has 1 aliphatic carbocycles. The number of hydrogen-bond acceptors (Lipinski definition) is 0. The molecule has 4 atom stereocenters. The third-order valence-corrected chi connectivity index (χ3v) is 4.37. The maximum absolute atomic E-state index is 4.06. The molecular formula is C16H28. The molecule has 0 bridgehead atoms. The lowest BCUT2D eigenvalue weighted by Gasteiger charge is -2.19. The third kappa shape index (κ3) is 3.81. The van der Waals surface area contributed by atoms with E-state index in [4.69, 9.17) is 0 Å². The second kappa shape index (κ2) is 6.27. The maximum Gasteiger partial charge on any atom is -0.0137 e. The Hall–Kier alpha value is -0.520. The zero-order valence-corrected chi connectivity index (χ0v) is 11.3. The van der Waals surface area contributed by atoms with Gasteiger partial charge in [-0.3, -0.25) is 0 Å². The minimum Gasteiger partial charge on any atom is -0.0988 e. The molecule has 0 heteroatoms. The monoisotopic (exact) mass is 220 g/mol. The highest BCUT2D eigenvalue weighted by molar-refractivity contribution is 5.21. The first-order valence-electron chi connectivity index (χ1n) is 6.91. The highest BCUT2D eigenvalue weighted by Crippen LogP contribution is 2.47. The summed E-state index contributed by atoms with van der Waals surface area (Å²) in [5.74, 6) is 3.47. The molecule has 0 radical (unpaired) electrons. The largest absolute Gasteiger partial charge is 0.0988 e. The van der Waals surface area contributed by atoms with Crippen LogP contribution in [-0.4, -0.2) is 0 Å². The van der Waals surface area contributed by atoms with E-state index >= 15 is 0 Å². The van der Waals surface area contributed by atoms with Gasteiger partial charge in [0.15, 0.2) is 0 Å². The molecule has 0 heterocycles. The van der Waals surface area contributed by atoms with Gasteiger partial charge in [0.1, 0.15) is 0 Å². The number of allylic oxidation sites excluding steroid dienone is 2. The van der Waals surface area contributed by atoms with Crippen LogP contribution in [0.5, 0.6) is 0 Å². The second-order valence-electron chi connectivity index (χ2n) is 5.70. The minimum absolute atomic E-state index is 0.770. The van der Waals surface area contributed by atoms with E-state index in [0.717, 1.165) is 23.7 Å². The van der Waals surface area contributed by atoms with E-state index in [9.17, 15) is 0 Å². The van der Waals surface area contributed by atoms with Crippen molar-refractivity contribution in [2.45, 2.75) is 52.9 Å². The zero-order valence-electron chi connectivity index (χ0n) is 11.3. The normalized spacial score (nSPS) is 27.2. The first-order chi connectivity index (χ1) is 7.60. The lowest BCUT2D eigenvalue weighted by molar-refractivity contribution is 0.327. The van der Waals surface area contributed by atoms with E-state index in [1.54, 1.807) is 0 Å². The molecule has 16 heavy (non-hydrogen) atoms. The fraction of sp³-hybridized carbons (Fsp3) is 0.750. The lowest BCUT2D eigenvalue weighted by atomic mass is 9.87. The molecule has 0 spiro atoms. The van der Waals surface area contributed by atoms with Crippen molar-refractivity contribution >= 4 is 0 Å². The van der Waals surface area contributed by atoms with Gasteiger partial charge in [-0.25, -0.2) is 0 Å². The van der Waals surface area contributed by atoms with Crippen molar-refractivity contribution in [3.05, 3.63) is 24.8 Å². The van der Waals surface area contributed by atoms with Crippen LogP contribution < -0.4 is 0 Å². The summed E-state index contributed by atoms with van der Waals surface area (Å²) in [5, 5.41) is 0. The van der Waals surface area contributed by atoms with Crippen molar-refractivity contribution in [2.75, 3.05) is 0 Å². The van der Waals surface area contributed by atoms with Crippen LogP contribution in [0, 0.1) is 23.7 Å². The molecular weight excluding hydrogens is 192 g/mol. The fourth-order valence-corrected chi connectivity index (χ4v) is 2.67. The summed E-state index contributed by atoms with van der Waals surface area (Å²) in [6.07, 6.45) is 8.80. The highest BCUT2D eigenvalue weighted by atomic mass is 14.4. The summed E-state index contributed by atoms with van der Waals surface area (Å²) in [6.45, 7) is 15.0. The summed E-state index contributed by atoms with van der Waals surface area (Å²) < 4.78 is 0. The first-order valence-corrected chi connectivity index (χ1v) is 6.91. The van der Waals surface area contributed by atoms with Gasteiger partial charge in [-0.05, 0) is 36.5 Å². The predicted molar refractivity (Wildman–Crippen MR) is 73.4 cm³/mol. The predicted octanol–water partition coefficient (Wildman–Crippen LogP) is 5.22.